The van der Waals surface area contributed by atoms with E-state index in [-0.39, 0.29) is 17.4 Å². The molecule has 0 saturated heterocycles. The van der Waals surface area contributed by atoms with Crippen molar-refractivity contribution >= 4 is 5.91 Å². The van der Waals surface area contributed by atoms with Crippen LogP contribution in [0.15, 0.2) is 48.5 Å². The summed E-state index contributed by atoms with van der Waals surface area (Å²) in [6.07, 6.45) is 0.883. The van der Waals surface area contributed by atoms with Gasteiger partial charge in [0, 0.05) is 17.4 Å². The zero-order valence-electron chi connectivity index (χ0n) is 14.9. The molecule has 2 heteroatoms. The Bertz CT molecular complexity index is 769. The van der Waals surface area contributed by atoms with Gasteiger partial charge in [0.2, 0.25) is 5.91 Å². The molecule has 5 rings (SSSR count). The van der Waals surface area contributed by atoms with Gasteiger partial charge in [-0.3, -0.25) is 4.79 Å². The van der Waals surface area contributed by atoms with E-state index in [1.165, 1.54) is 22.3 Å². The van der Waals surface area contributed by atoms with Crippen molar-refractivity contribution in [3.05, 3.63) is 70.8 Å². The Morgan fingerprint density at radius 3 is 1.88 bits per heavy atom. The summed E-state index contributed by atoms with van der Waals surface area (Å²) >= 11 is 0. The van der Waals surface area contributed by atoms with E-state index in [1.54, 1.807) is 0 Å². The lowest BCUT2D eigenvalue weighted by Crippen LogP contribution is -2.53. The van der Waals surface area contributed by atoms with Gasteiger partial charge in [-0.2, -0.15) is 0 Å². The Morgan fingerprint density at radius 1 is 0.958 bits per heavy atom. The molecule has 24 heavy (non-hydrogen) atoms. The molecule has 0 radical (unpaired) electrons. The summed E-state index contributed by atoms with van der Waals surface area (Å²) in [5, 5.41) is 3.24. The van der Waals surface area contributed by atoms with E-state index in [0.717, 1.165) is 6.42 Å². The van der Waals surface area contributed by atoms with E-state index in [9.17, 15) is 4.79 Å². The second kappa shape index (κ2) is 4.95. The van der Waals surface area contributed by atoms with Crippen molar-refractivity contribution in [2.45, 2.75) is 51.5 Å². The molecule has 1 amide bonds. The minimum Gasteiger partial charge on any atom is -0.351 e. The van der Waals surface area contributed by atoms with Gasteiger partial charge in [-0.15, -0.1) is 0 Å². The highest BCUT2D eigenvalue weighted by Gasteiger charge is 2.54. The predicted molar refractivity (Wildman–Crippen MR) is 97.2 cm³/mol. The van der Waals surface area contributed by atoms with Gasteiger partial charge in [-0.05, 0) is 56.4 Å². The second-order valence-corrected chi connectivity index (χ2v) is 8.57. The van der Waals surface area contributed by atoms with Crippen LogP contribution in [0.1, 0.15) is 68.2 Å². The highest BCUT2D eigenvalue weighted by atomic mass is 16.2. The molecule has 0 heterocycles. The summed E-state index contributed by atoms with van der Waals surface area (Å²) in [6, 6.07) is 17.3. The average Bonchev–Trinajstić information content (AvgIpc) is 2.53. The third-order valence-corrected chi connectivity index (χ3v) is 5.64. The first-order chi connectivity index (χ1) is 11.3. The summed E-state index contributed by atoms with van der Waals surface area (Å²) < 4.78 is 0. The molecule has 3 aliphatic carbocycles. The highest BCUT2D eigenvalue weighted by Crippen LogP contribution is 2.60. The van der Waals surface area contributed by atoms with Gasteiger partial charge >= 0.3 is 0 Å². The van der Waals surface area contributed by atoms with E-state index >= 15 is 0 Å². The van der Waals surface area contributed by atoms with E-state index in [2.05, 4.69) is 81.5 Å². The quantitative estimate of drug-likeness (QED) is 0.818. The van der Waals surface area contributed by atoms with Crippen molar-refractivity contribution in [1.82, 2.24) is 5.32 Å². The maximum absolute atomic E-state index is 13.2. The molecule has 2 nitrogen and oxygen atoms in total. The number of hydrogen-bond donors (Lipinski definition) is 1. The molecule has 1 atom stereocenters. The highest BCUT2D eigenvalue weighted by molar-refractivity contribution is 5.86. The first kappa shape index (κ1) is 15.4. The van der Waals surface area contributed by atoms with Crippen molar-refractivity contribution in [2.24, 2.45) is 5.41 Å². The van der Waals surface area contributed by atoms with E-state index in [4.69, 9.17) is 0 Å². The van der Waals surface area contributed by atoms with Gasteiger partial charge in [-0.1, -0.05) is 48.5 Å². The minimum atomic E-state index is -0.402. The van der Waals surface area contributed by atoms with E-state index in [0.29, 0.717) is 5.92 Å². The van der Waals surface area contributed by atoms with Crippen LogP contribution in [-0.4, -0.2) is 11.4 Å². The maximum atomic E-state index is 13.2. The fourth-order valence-corrected chi connectivity index (χ4v) is 4.67. The summed E-state index contributed by atoms with van der Waals surface area (Å²) in [7, 11) is 0. The SMILES string of the molecule is CC(C)(C)NC(=O)C1(C)CC2c3ccccc3C1c1ccccc12. The second-order valence-electron chi connectivity index (χ2n) is 8.57. The number of nitrogens with one attached hydrogen (secondary N) is 1. The average molecular weight is 319 g/mol. The molecule has 0 spiro atoms. The smallest absolute Gasteiger partial charge is 0.227 e. The van der Waals surface area contributed by atoms with Crippen LogP contribution in [0.2, 0.25) is 0 Å². The summed E-state index contributed by atoms with van der Waals surface area (Å²) in [5.74, 6) is 0.629. The zero-order chi connectivity index (χ0) is 17.1. The van der Waals surface area contributed by atoms with Crippen LogP contribution in [-0.2, 0) is 4.79 Å². The fraction of sp³-hybridized carbons (Fsp3) is 0.409. The van der Waals surface area contributed by atoms with Gasteiger partial charge in [0.25, 0.3) is 0 Å². The fourth-order valence-electron chi connectivity index (χ4n) is 4.67. The van der Waals surface area contributed by atoms with Crippen LogP contribution in [0.25, 0.3) is 0 Å². The molecule has 1 unspecified atom stereocenters. The molecule has 124 valence electrons. The zero-order valence-corrected chi connectivity index (χ0v) is 14.9. The lowest BCUT2D eigenvalue weighted by atomic mass is 9.52. The molecule has 2 bridgehead atoms. The van der Waals surface area contributed by atoms with Crippen molar-refractivity contribution in [3.63, 3.8) is 0 Å². The Kier molecular flexibility index (Phi) is 3.19. The molecular weight excluding hydrogens is 294 g/mol. The Morgan fingerprint density at radius 2 is 1.42 bits per heavy atom. The third kappa shape index (κ3) is 2.12. The Balaban J connectivity index is 1.88. The van der Waals surface area contributed by atoms with Crippen LogP contribution in [0.5, 0.6) is 0 Å². The van der Waals surface area contributed by atoms with Gasteiger partial charge < -0.3 is 5.32 Å². The first-order valence-corrected chi connectivity index (χ1v) is 8.81. The van der Waals surface area contributed by atoms with Gasteiger partial charge in [-0.25, -0.2) is 0 Å². The van der Waals surface area contributed by atoms with Crippen molar-refractivity contribution in [3.8, 4) is 0 Å². The normalized spacial score (nSPS) is 27.3. The number of rotatable bonds is 1. The van der Waals surface area contributed by atoms with Crippen LogP contribution < -0.4 is 5.32 Å². The Labute approximate surface area is 144 Å². The molecule has 1 N–H and O–H groups in total. The number of carbonyl (C=O) groups is 1. The van der Waals surface area contributed by atoms with Crippen molar-refractivity contribution < 1.29 is 4.79 Å². The van der Waals surface area contributed by atoms with E-state index in [1.807, 2.05) is 0 Å². The van der Waals surface area contributed by atoms with Crippen LogP contribution in [0, 0.1) is 5.41 Å². The van der Waals surface area contributed by atoms with E-state index < -0.39 is 5.41 Å². The number of amides is 1. The molecule has 0 saturated carbocycles. The predicted octanol–water partition coefficient (Wildman–Crippen LogP) is 4.59. The number of benzene rings is 2. The van der Waals surface area contributed by atoms with Crippen LogP contribution >= 0.6 is 0 Å². The van der Waals surface area contributed by atoms with Crippen LogP contribution in [0.3, 0.4) is 0 Å². The topological polar surface area (TPSA) is 29.1 Å². The largest absolute Gasteiger partial charge is 0.351 e. The number of hydrogen-bond acceptors (Lipinski definition) is 1. The van der Waals surface area contributed by atoms with Gasteiger partial charge in [0.05, 0.1) is 5.41 Å². The molecule has 2 aromatic carbocycles. The number of fused-ring (bicyclic) bond motifs is 1. The monoisotopic (exact) mass is 319 g/mol. The Hall–Kier alpha value is -2.09. The summed E-state index contributed by atoms with van der Waals surface area (Å²) in [4.78, 5) is 13.2. The molecule has 2 aromatic rings. The standard InChI is InChI=1S/C22H25NO/c1-21(2,3)23-20(24)22(4)13-18-14-9-5-7-11-16(14)19(22)17-12-8-6-10-15(17)18/h5-12,18-19H,13H2,1-4H3,(H,23,24). The lowest BCUT2D eigenvalue weighted by molar-refractivity contribution is -0.133. The summed E-state index contributed by atoms with van der Waals surface area (Å²) in [5.41, 5.74) is 4.86. The molecule has 3 aliphatic rings. The third-order valence-electron chi connectivity index (χ3n) is 5.64. The van der Waals surface area contributed by atoms with Crippen molar-refractivity contribution in [1.29, 1.82) is 0 Å². The maximum Gasteiger partial charge on any atom is 0.227 e. The molecule has 0 fully saturated rings. The minimum absolute atomic E-state index is 0.136. The van der Waals surface area contributed by atoms with Crippen molar-refractivity contribution in [2.75, 3.05) is 0 Å². The first-order valence-electron chi connectivity index (χ1n) is 8.81. The molecular formula is C22H25NO. The van der Waals surface area contributed by atoms with Gasteiger partial charge in [0.15, 0.2) is 0 Å². The molecule has 0 aliphatic heterocycles. The van der Waals surface area contributed by atoms with Crippen LogP contribution in [0.4, 0.5) is 0 Å². The summed E-state index contributed by atoms with van der Waals surface area (Å²) in [6.45, 7) is 8.31. The number of carbonyl (C=O) groups excluding carboxylic acids is 1. The molecule has 0 aromatic heterocycles. The lowest BCUT2D eigenvalue weighted by Gasteiger charge is -2.51. The van der Waals surface area contributed by atoms with Gasteiger partial charge in [0.1, 0.15) is 0 Å².